The molecule has 0 aliphatic carbocycles. The first-order valence-electron chi connectivity index (χ1n) is 3.81. The van der Waals surface area contributed by atoms with E-state index in [9.17, 15) is 18.0 Å². The van der Waals surface area contributed by atoms with Gasteiger partial charge in [-0.05, 0) is 0 Å². The lowest BCUT2D eigenvalue weighted by atomic mass is 10.2. The summed E-state index contributed by atoms with van der Waals surface area (Å²) in [5, 5.41) is 0. The topological polar surface area (TPSA) is 94.1 Å². The fraction of sp³-hybridized carbons (Fsp3) is 0.286. The number of pyridine rings is 1. The van der Waals surface area contributed by atoms with Crippen molar-refractivity contribution in [3.63, 3.8) is 0 Å². The van der Waals surface area contributed by atoms with Crippen LogP contribution < -0.4 is 21.6 Å². The number of rotatable bonds is 2. The smallest absolute Gasteiger partial charge is 0.391 e. The Morgan fingerprint density at radius 2 is 2.07 bits per heavy atom. The molecule has 0 atom stereocenters. The van der Waals surface area contributed by atoms with Gasteiger partial charge in [-0.2, -0.15) is 0 Å². The highest BCUT2D eigenvalue weighted by atomic mass is 19.4. The van der Waals surface area contributed by atoms with Gasteiger partial charge in [0.2, 0.25) is 11.3 Å². The monoisotopic (exact) mass is 223 g/mol. The lowest BCUT2D eigenvalue weighted by Gasteiger charge is -2.10. The van der Waals surface area contributed by atoms with Crippen LogP contribution in [0.4, 0.5) is 18.9 Å². The maximum absolute atomic E-state index is 11.8. The van der Waals surface area contributed by atoms with Gasteiger partial charge in [0.1, 0.15) is 5.69 Å². The molecule has 5 nitrogen and oxygen atoms in total. The van der Waals surface area contributed by atoms with Crippen molar-refractivity contribution in [2.24, 2.45) is 5.73 Å². The Hall–Kier alpha value is -1.70. The number of alkyl halides is 3. The number of hydrogen-bond acceptors (Lipinski definition) is 4. The van der Waals surface area contributed by atoms with Gasteiger partial charge in [0.25, 0.3) is 0 Å². The third-order valence-electron chi connectivity index (χ3n) is 1.60. The van der Waals surface area contributed by atoms with E-state index in [1.807, 2.05) is 0 Å². The molecule has 0 fully saturated rings. The first-order valence-corrected chi connectivity index (χ1v) is 3.81. The van der Waals surface area contributed by atoms with E-state index >= 15 is 0 Å². The molecule has 0 amide bonds. The molecule has 0 spiro atoms. The highest BCUT2D eigenvalue weighted by molar-refractivity contribution is 5.49. The molecule has 84 valence electrons. The second-order valence-corrected chi connectivity index (χ2v) is 2.64. The molecule has 5 N–H and O–H groups in total. The number of anilines is 1. The predicted octanol–water partition coefficient (Wildman–Crippen LogP) is 0.314. The van der Waals surface area contributed by atoms with Gasteiger partial charge in [-0.25, -0.2) is 0 Å². The van der Waals surface area contributed by atoms with E-state index < -0.39 is 23.4 Å². The van der Waals surface area contributed by atoms with Gasteiger partial charge in [-0.3, -0.25) is 4.79 Å². The third kappa shape index (κ3) is 2.62. The molecule has 15 heavy (non-hydrogen) atoms. The van der Waals surface area contributed by atoms with Crippen LogP contribution in [0.1, 0.15) is 5.56 Å². The van der Waals surface area contributed by atoms with Crippen molar-refractivity contribution in [3.8, 4) is 5.88 Å². The van der Waals surface area contributed by atoms with Crippen LogP contribution in [0.25, 0.3) is 0 Å². The van der Waals surface area contributed by atoms with E-state index in [4.69, 9.17) is 11.5 Å². The quantitative estimate of drug-likeness (QED) is 0.672. The Kier molecular flexibility index (Phi) is 2.89. The molecular weight excluding hydrogens is 215 g/mol. The Morgan fingerprint density at radius 3 is 2.53 bits per heavy atom. The van der Waals surface area contributed by atoms with Gasteiger partial charge in [0, 0.05) is 18.3 Å². The van der Waals surface area contributed by atoms with Crippen LogP contribution in [-0.4, -0.2) is 11.3 Å². The normalized spacial score (nSPS) is 11.5. The summed E-state index contributed by atoms with van der Waals surface area (Å²) in [7, 11) is 0. The second kappa shape index (κ2) is 3.81. The van der Waals surface area contributed by atoms with Crippen molar-refractivity contribution in [1.82, 2.24) is 4.98 Å². The molecule has 1 rings (SSSR count). The summed E-state index contributed by atoms with van der Waals surface area (Å²) in [6, 6.07) is 0. The van der Waals surface area contributed by atoms with E-state index in [0.717, 1.165) is 6.20 Å². The first-order chi connectivity index (χ1) is 6.85. The number of aromatic nitrogens is 1. The van der Waals surface area contributed by atoms with Crippen molar-refractivity contribution >= 4 is 5.69 Å². The highest BCUT2D eigenvalue weighted by Crippen LogP contribution is 2.23. The van der Waals surface area contributed by atoms with Gasteiger partial charge in [-0.1, -0.05) is 0 Å². The van der Waals surface area contributed by atoms with Crippen LogP contribution in [-0.2, 0) is 6.54 Å². The van der Waals surface area contributed by atoms with Crippen LogP contribution in [0.15, 0.2) is 11.0 Å². The van der Waals surface area contributed by atoms with Crippen LogP contribution in [0.5, 0.6) is 5.88 Å². The lowest BCUT2D eigenvalue weighted by Crippen LogP contribution is -2.23. The molecule has 1 aromatic rings. The maximum Gasteiger partial charge on any atom is 0.574 e. The maximum atomic E-state index is 11.8. The molecule has 0 bridgehead atoms. The van der Waals surface area contributed by atoms with E-state index in [1.54, 1.807) is 0 Å². The predicted molar refractivity (Wildman–Crippen MR) is 46.0 cm³/mol. The van der Waals surface area contributed by atoms with E-state index in [0.29, 0.717) is 0 Å². The number of nitrogens with one attached hydrogen (secondary N) is 1. The van der Waals surface area contributed by atoms with Gasteiger partial charge in [0.15, 0.2) is 0 Å². The average molecular weight is 223 g/mol. The third-order valence-corrected chi connectivity index (χ3v) is 1.60. The van der Waals surface area contributed by atoms with Crippen molar-refractivity contribution in [1.29, 1.82) is 0 Å². The largest absolute Gasteiger partial charge is 0.574 e. The minimum Gasteiger partial charge on any atom is -0.391 e. The molecule has 0 saturated heterocycles. The summed E-state index contributed by atoms with van der Waals surface area (Å²) < 4.78 is 38.9. The first kappa shape index (κ1) is 11.4. The molecule has 0 aliphatic rings. The van der Waals surface area contributed by atoms with Crippen LogP contribution in [0.2, 0.25) is 0 Å². The Morgan fingerprint density at radius 1 is 1.47 bits per heavy atom. The number of H-pyrrole nitrogens is 1. The zero-order valence-corrected chi connectivity index (χ0v) is 7.39. The second-order valence-electron chi connectivity index (χ2n) is 2.64. The highest BCUT2D eigenvalue weighted by Gasteiger charge is 2.32. The minimum atomic E-state index is -4.90. The van der Waals surface area contributed by atoms with E-state index in [1.165, 1.54) is 0 Å². The van der Waals surface area contributed by atoms with Gasteiger partial charge in [-0.15, -0.1) is 13.2 Å². The van der Waals surface area contributed by atoms with Crippen LogP contribution in [0, 0.1) is 0 Å². The summed E-state index contributed by atoms with van der Waals surface area (Å²) in [5.41, 5.74) is 8.97. The van der Waals surface area contributed by atoms with Gasteiger partial charge >= 0.3 is 6.36 Å². The Bertz CT molecular complexity index is 413. The SMILES string of the molecule is NCc1c[nH]c(OC(F)(F)F)c(N)c1=O. The molecule has 0 saturated carbocycles. The van der Waals surface area contributed by atoms with E-state index in [-0.39, 0.29) is 12.1 Å². The number of ether oxygens (including phenoxy) is 1. The molecule has 0 radical (unpaired) electrons. The fourth-order valence-electron chi connectivity index (χ4n) is 0.924. The summed E-state index contributed by atoms with van der Waals surface area (Å²) in [6.45, 7) is -0.119. The minimum absolute atomic E-state index is 0.0852. The van der Waals surface area contributed by atoms with Gasteiger partial charge < -0.3 is 21.2 Å². The van der Waals surface area contributed by atoms with Crippen molar-refractivity contribution < 1.29 is 17.9 Å². The molecule has 0 aliphatic heterocycles. The molecule has 1 aromatic heterocycles. The summed E-state index contributed by atoms with van der Waals surface area (Å²) >= 11 is 0. The molecular formula is C7H8F3N3O2. The Labute approximate surface area is 81.8 Å². The number of aromatic amines is 1. The zero-order chi connectivity index (χ0) is 11.6. The zero-order valence-electron chi connectivity index (χ0n) is 7.39. The standard InChI is InChI=1S/C7H8F3N3O2/c8-7(9,10)15-6-4(12)5(14)3(1-11)2-13-6/h2H,1,11-12H2,(H,13,14). The lowest BCUT2D eigenvalue weighted by molar-refractivity contribution is -0.275. The number of nitrogens with two attached hydrogens (primary N) is 2. The molecule has 0 unspecified atom stereocenters. The van der Waals surface area contributed by atoms with Crippen molar-refractivity contribution in [2.75, 3.05) is 5.73 Å². The summed E-state index contributed by atoms with van der Waals surface area (Å²) in [5.74, 6) is -0.829. The Balaban J connectivity index is 3.13. The van der Waals surface area contributed by atoms with Crippen LogP contribution in [0.3, 0.4) is 0 Å². The molecule has 8 heteroatoms. The van der Waals surface area contributed by atoms with Crippen LogP contribution >= 0.6 is 0 Å². The fourth-order valence-corrected chi connectivity index (χ4v) is 0.924. The van der Waals surface area contributed by atoms with Crippen molar-refractivity contribution in [2.45, 2.75) is 12.9 Å². The summed E-state index contributed by atoms with van der Waals surface area (Å²) in [4.78, 5) is 13.3. The van der Waals surface area contributed by atoms with Crippen molar-refractivity contribution in [3.05, 3.63) is 22.0 Å². The number of nitrogen functional groups attached to an aromatic ring is 1. The number of hydrogen-bond donors (Lipinski definition) is 3. The summed E-state index contributed by atoms with van der Waals surface area (Å²) in [6.07, 6.45) is -3.87. The number of halogens is 3. The average Bonchev–Trinajstić information content (AvgIpc) is 2.11. The molecule has 0 aromatic carbocycles. The van der Waals surface area contributed by atoms with Gasteiger partial charge in [0.05, 0.1) is 0 Å². The van der Waals surface area contributed by atoms with E-state index in [2.05, 4.69) is 9.72 Å². The molecule has 1 heterocycles.